The number of halogens is 4. The van der Waals surface area contributed by atoms with Crippen LogP contribution in [-0.2, 0) is 12.7 Å². The van der Waals surface area contributed by atoms with Gasteiger partial charge >= 0.3 is 6.18 Å². The zero-order valence-electron chi connectivity index (χ0n) is 14.0. The number of aryl methyl sites for hydroxylation is 2. The molecule has 0 amide bonds. The maximum atomic E-state index is 13.3. The molecule has 0 fully saturated rings. The summed E-state index contributed by atoms with van der Waals surface area (Å²) in [7, 11) is 0. The first kappa shape index (κ1) is 18.5. The molecule has 1 heterocycles. The molecule has 3 nitrogen and oxygen atoms in total. The number of benzene rings is 1. The average molecular weight is 358 g/mol. The monoisotopic (exact) mass is 357 g/mol. The first-order valence-electron chi connectivity index (χ1n) is 7.68. The van der Waals surface area contributed by atoms with Gasteiger partial charge < -0.3 is 4.57 Å². The molecule has 1 aromatic heterocycles. The van der Waals surface area contributed by atoms with Gasteiger partial charge in [0.25, 0.3) is 0 Å². The van der Waals surface area contributed by atoms with Crippen molar-refractivity contribution in [3.63, 3.8) is 0 Å². The zero-order valence-corrected chi connectivity index (χ0v) is 14.8. The van der Waals surface area contributed by atoms with Crippen LogP contribution in [0.15, 0.2) is 22.7 Å². The fourth-order valence-electron chi connectivity index (χ4n) is 2.62. The Kier molecular flexibility index (Phi) is 5.38. The SMILES string of the molecule is CC/C=C(\C)C=Nc1c(Cl)c(C(F)(F)F)cc2nc(C)n(CC)c12. The van der Waals surface area contributed by atoms with Gasteiger partial charge in [-0.15, -0.1) is 0 Å². The van der Waals surface area contributed by atoms with Crippen molar-refractivity contribution < 1.29 is 13.2 Å². The van der Waals surface area contributed by atoms with Crippen molar-refractivity contribution in [3.05, 3.63) is 34.1 Å². The molecule has 0 atom stereocenters. The number of nitrogens with zero attached hydrogens (tertiary/aromatic N) is 3. The van der Waals surface area contributed by atoms with Gasteiger partial charge in [0.15, 0.2) is 0 Å². The Morgan fingerprint density at radius 1 is 1.38 bits per heavy atom. The molecule has 0 bridgehead atoms. The lowest BCUT2D eigenvalue weighted by Crippen LogP contribution is -2.06. The molecule has 130 valence electrons. The predicted octanol–water partition coefficient (Wildman–Crippen LogP) is 6.10. The van der Waals surface area contributed by atoms with E-state index in [1.54, 1.807) is 6.92 Å². The van der Waals surface area contributed by atoms with Gasteiger partial charge in [0.05, 0.1) is 21.6 Å². The first-order chi connectivity index (χ1) is 11.2. The largest absolute Gasteiger partial charge is 0.418 e. The Morgan fingerprint density at radius 2 is 2.04 bits per heavy atom. The van der Waals surface area contributed by atoms with Gasteiger partial charge in [-0.05, 0) is 38.8 Å². The lowest BCUT2D eigenvalue weighted by Gasteiger charge is -2.13. The Bertz CT molecular complexity index is 817. The first-order valence-corrected chi connectivity index (χ1v) is 8.05. The minimum Gasteiger partial charge on any atom is -0.327 e. The quantitative estimate of drug-likeness (QED) is 0.608. The maximum Gasteiger partial charge on any atom is 0.418 e. The summed E-state index contributed by atoms with van der Waals surface area (Å²) >= 11 is 6.08. The summed E-state index contributed by atoms with van der Waals surface area (Å²) in [5.41, 5.74) is 0.816. The lowest BCUT2D eigenvalue weighted by atomic mass is 10.1. The normalized spacial score (nSPS) is 13.4. The number of alkyl halides is 3. The van der Waals surface area contributed by atoms with Crippen molar-refractivity contribution in [1.82, 2.24) is 9.55 Å². The second-order valence-electron chi connectivity index (χ2n) is 5.47. The zero-order chi connectivity index (χ0) is 18.1. The van der Waals surface area contributed by atoms with Crippen molar-refractivity contribution in [2.24, 2.45) is 4.99 Å². The smallest absolute Gasteiger partial charge is 0.327 e. The van der Waals surface area contributed by atoms with E-state index in [-0.39, 0.29) is 11.2 Å². The van der Waals surface area contributed by atoms with E-state index in [1.807, 2.05) is 31.4 Å². The number of allylic oxidation sites excluding steroid dienone is 2. The summed E-state index contributed by atoms with van der Waals surface area (Å²) in [5.74, 6) is 0.625. The minimum atomic E-state index is -4.56. The second kappa shape index (κ2) is 6.97. The van der Waals surface area contributed by atoms with Crippen molar-refractivity contribution >= 4 is 34.5 Å². The standard InChI is InChI=1S/C17H19ClF3N3/c1-5-7-10(3)9-22-15-14(18)12(17(19,20)21)8-13-16(15)24(6-2)11(4)23-13/h7-9H,5-6H2,1-4H3/b10-7+,22-9?. The Labute approximate surface area is 143 Å². The number of fused-ring (bicyclic) bond motifs is 1. The molecule has 0 aliphatic rings. The summed E-state index contributed by atoms with van der Waals surface area (Å²) < 4.78 is 41.7. The molecular weight excluding hydrogens is 339 g/mol. The third-order valence-electron chi connectivity index (χ3n) is 3.68. The van der Waals surface area contributed by atoms with Crippen molar-refractivity contribution in [1.29, 1.82) is 0 Å². The molecule has 0 saturated heterocycles. The van der Waals surface area contributed by atoms with Gasteiger partial charge in [-0.25, -0.2) is 4.98 Å². The number of hydrogen-bond acceptors (Lipinski definition) is 2. The third kappa shape index (κ3) is 3.48. The third-order valence-corrected chi connectivity index (χ3v) is 4.06. The van der Waals surface area contributed by atoms with Crippen LogP contribution in [-0.4, -0.2) is 15.8 Å². The van der Waals surface area contributed by atoms with Crippen LogP contribution in [0.25, 0.3) is 11.0 Å². The van der Waals surface area contributed by atoms with Crippen LogP contribution in [0.2, 0.25) is 5.02 Å². The van der Waals surface area contributed by atoms with Gasteiger partial charge in [0.1, 0.15) is 11.5 Å². The van der Waals surface area contributed by atoms with Gasteiger partial charge in [-0.1, -0.05) is 24.6 Å². The average Bonchev–Trinajstić information content (AvgIpc) is 2.80. The van der Waals surface area contributed by atoms with Crippen LogP contribution in [0.1, 0.15) is 38.6 Å². The molecular formula is C17H19ClF3N3. The Morgan fingerprint density at radius 3 is 2.58 bits per heavy atom. The van der Waals surface area contributed by atoms with Gasteiger partial charge in [-0.2, -0.15) is 13.2 Å². The predicted molar refractivity (Wildman–Crippen MR) is 92.4 cm³/mol. The summed E-state index contributed by atoms with van der Waals surface area (Å²) in [6.45, 7) is 8.03. The van der Waals surface area contributed by atoms with Crippen LogP contribution in [0, 0.1) is 6.92 Å². The fraction of sp³-hybridized carbons (Fsp3) is 0.412. The van der Waals surface area contributed by atoms with E-state index in [4.69, 9.17) is 11.6 Å². The van der Waals surface area contributed by atoms with E-state index in [1.165, 1.54) is 6.21 Å². The van der Waals surface area contributed by atoms with E-state index < -0.39 is 16.8 Å². The van der Waals surface area contributed by atoms with E-state index >= 15 is 0 Å². The lowest BCUT2D eigenvalue weighted by molar-refractivity contribution is -0.137. The maximum absolute atomic E-state index is 13.3. The van der Waals surface area contributed by atoms with Crippen LogP contribution < -0.4 is 0 Å². The number of hydrogen-bond donors (Lipinski definition) is 0. The van der Waals surface area contributed by atoms with Gasteiger partial charge in [0, 0.05) is 12.8 Å². The molecule has 0 aliphatic heterocycles. The molecule has 2 aromatic rings. The molecule has 0 N–H and O–H groups in total. The molecule has 0 saturated carbocycles. The topological polar surface area (TPSA) is 30.2 Å². The highest BCUT2D eigenvalue weighted by Gasteiger charge is 2.36. The molecule has 0 spiro atoms. The highest BCUT2D eigenvalue weighted by atomic mass is 35.5. The molecule has 7 heteroatoms. The number of aliphatic imine (C=N–C) groups is 1. The molecule has 0 radical (unpaired) electrons. The Hall–Kier alpha value is -1.82. The summed E-state index contributed by atoms with van der Waals surface area (Å²) in [6, 6.07) is 0.991. The molecule has 0 unspecified atom stereocenters. The highest BCUT2D eigenvalue weighted by molar-refractivity contribution is 6.35. The molecule has 2 rings (SSSR count). The van der Waals surface area contributed by atoms with Crippen molar-refractivity contribution in [3.8, 4) is 0 Å². The van der Waals surface area contributed by atoms with Crippen LogP contribution in [0.4, 0.5) is 18.9 Å². The summed E-state index contributed by atoms with van der Waals surface area (Å²) in [5, 5.41) is -0.398. The van der Waals surface area contributed by atoms with E-state index in [0.29, 0.717) is 17.9 Å². The van der Waals surface area contributed by atoms with E-state index in [9.17, 15) is 13.2 Å². The molecule has 0 aliphatic carbocycles. The highest BCUT2D eigenvalue weighted by Crippen LogP contribution is 2.44. The minimum absolute atomic E-state index is 0.104. The van der Waals surface area contributed by atoms with Crippen LogP contribution in [0.5, 0.6) is 0 Å². The van der Waals surface area contributed by atoms with E-state index in [2.05, 4.69) is 9.98 Å². The van der Waals surface area contributed by atoms with E-state index in [0.717, 1.165) is 18.1 Å². The second-order valence-corrected chi connectivity index (χ2v) is 5.85. The van der Waals surface area contributed by atoms with Crippen molar-refractivity contribution in [2.75, 3.05) is 0 Å². The fourth-order valence-corrected chi connectivity index (χ4v) is 2.92. The van der Waals surface area contributed by atoms with Gasteiger partial charge in [-0.3, -0.25) is 4.99 Å². The Balaban J connectivity index is 2.82. The van der Waals surface area contributed by atoms with Crippen LogP contribution >= 0.6 is 11.6 Å². The van der Waals surface area contributed by atoms with Gasteiger partial charge in [0.2, 0.25) is 0 Å². The van der Waals surface area contributed by atoms with Crippen molar-refractivity contribution in [2.45, 2.75) is 46.8 Å². The number of aromatic nitrogens is 2. The molecule has 1 aromatic carbocycles. The summed E-state index contributed by atoms with van der Waals surface area (Å²) in [6.07, 6.45) is -0.277. The number of rotatable bonds is 4. The molecule has 24 heavy (non-hydrogen) atoms. The summed E-state index contributed by atoms with van der Waals surface area (Å²) in [4.78, 5) is 8.50. The number of imidazole rings is 1. The van der Waals surface area contributed by atoms with Crippen LogP contribution in [0.3, 0.4) is 0 Å².